The normalized spacial score (nSPS) is 14.3. The fourth-order valence-electron chi connectivity index (χ4n) is 1.93. The lowest BCUT2D eigenvalue weighted by atomic mass is 9.90. The Morgan fingerprint density at radius 2 is 2.11 bits per heavy atom. The van der Waals surface area contributed by atoms with Gasteiger partial charge in [-0.15, -0.1) is 0 Å². The fraction of sp³-hybridized carbons (Fsp3) is 0.615. The molecule has 0 saturated carbocycles. The van der Waals surface area contributed by atoms with Gasteiger partial charge in [0.1, 0.15) is 5.69 Å². The fourth-order valence-corrected chi connectivity index (χ4v) is 1.93. The van der Waals surface area contributed by atoms with Gasteiger partial charge in [0.15, 0.2) is 0 Å². The summed E-state index contributed by atoms with van der Waals surface area (Å²) in [6.45, 7) is 8.39. The van der Waals surface area contributed by atoms with E-state index in [0.29, 0.717) is 18.2 Å². The molecule has 0 aliphatic carbocycles. The molecule has 3 N–H and O–H groups in total. The zero-order chi connectivity index (χ0) is 13.8. The Kier molecular flexibility index (Phi) is 4.78. The van der Waals surface area contributed by atoms with E-state index in [9.17, 15) is 4.79 Å². The summed E-state index contributed by atoms with van der Waals surface area (Å²) in [6.07, 6.45) is 3.89. The smallest absolute Gasteiger partial charge is 0.271 e. The summed E-state index contributed by atoms with van der Waals surface area (Å²) in [5.74, 6) is 0.235. The Morgan fingerprint density at radius 3 is 2.56 bits per heavy atom. The molecule has 0 aliphatic heterocycles. The van der Waals surface area contributed by atoms with Gasteiger partial charge in [0.05, 0.1) is 17.4 Å². The number of amides is 1. The predicted octanol–water partition coefficient (Wildman–Crippen LogP) is 1.28. The molecule has 100 valence electrons. The number of hydrogen-bond donors (Lipinski definition) is 2. The van der Waals surface area contributed by atoms with Gasteiger partial charge in [-0.3, -0.25) is 9.78 Å². The zero-order valence-corrected chi connectivity index (χ0v) is 11.5. The van der Waals surface area contributed by atoms with Gasteiger partial charge in [-0.25, -0.2) is 4.98 Å². The molecule has 1 aromatic heterocycles. The van der Waals surface area contributed by atoms with Crippen molar-refractivity contribution in [3.63, 3.8) is 0 Å². The third-order valence-electron chi connectivity index (χ3n) is 2.74. The quantitative estimate of drug-likeness (QED) is 0.825. The van der Waals surface area contributed by atoms with E-state index in [-0.39, 0.29) is 5.91 Å². The van der Waals surface area contributed by atoms with Gasteiger partial charge in [0.2, 0.25) is 0 Å². The van der Waals surface area contributed by atoms with Gasteiger partial charge in [-0.05, 0) is 26.2 Å². The van der Waals surface area contributed by atoms with E-state index in [1.165, 1.54) is 6.20 Å². The third kappa shape index (κ3) is 4.07. The molecule has 1 heterocycles. The molecule has 1 amide bonds. The van der Waals surface area contributed by atoms with Crippen molar-refractivity contribution in [3.8, 4) is 0 Å². The van der Waals surface area contributed by atoms with E-state index in [4.69, 9.17) is 5.73 Å². The first kappa shape index (κ1) is 14.6. The summed E-state index contributed by atoms with van der Waals surface area (Å²) in [5.41, 5.74) is 6.46. The Bertz CT molecular complexity index is 402. The van der Waals surface area contributed by atoms with Crippen molar-refractivity contribution >= 4 is 5.91 Å². The molecule has 1 unspecified atom stereocenters. The standard InChI is InChI=1S/C13H22N4O/c1-9(2)5-13(4,8-14)17-12(18)11-7-15-10(3)6-16-11/h6-7,9H,5,8,14H2,1-4H3,(H,17,18). The molecule has 0 radical (unpaired) electrons. The van der Waals surface area contributed by atoms with Gasteiger partial charge in [0.25, 0.3) is 5.91 Å². The number of hydrogen-bond acceptors (Lipinski definition) is 4. The minimum Gasteiger partial charge on any atom is -0.344 e. The van der Waals surface area contributed by atoms with Crippen LogP contribution in [0.25, 0.3) is 0 Å². The number of nitrogens with two attached hydrogens (primary N) is 1. The lowest BCUT2D eigenvalue weighted by Gasteiger charge is -2.31. The number of nitrogens with one attached hydrogen (secondary N) is 1. The molecule has 18 heavy (non-hydrogen) atoms. The number of carbonyl (C=O) groups excluding carboxylic acids is 1. The number of aryl methyl sites for hydroxylation is 1. The molecule has 5 nitrogen and oxygen atoms in total. The van der Waals surface area contributed by atoms with E-state index in [0.717, 1.165) is 12.1 Å². The molecule has 0 spiro atoms. The lowest BCUT2D eigenvalue weighted by molar-refractivity contribution is 0.0892. The average molecular weight is 250 g/mol. The number of nitrogens with zero attached hydrogens (tertiary/aromatic N) is 2. The summed E-state index contributed by atoms with van der Waals surface area (Å²) in [6, 6.07) is 0. The maximum atomic E-state index is 12.0. The second-order valence-corrected chi connectivity index (χ2v) is 5.36. The Balaban J connectivity index is 2.76. The molecular weight excluding hydrogens is 228 g/mol. The molecule has 0 aromatic carbocycles. The topological polar surface area (TPSA) is 80.9 Å². The van der Waals surface area contributed by atoms with E-state index in [1.54, 1.807) is 6.20 Å². The van der Waals surface area contributed by atoms with Gasteiger partial charge in [-0.2, -0.15) is 0 Å². The van der Waals surface area contributed by atoms with Crippen LogP contribution < -0.4 is 11.1 Å². The van der Waals surface area contributed by atoms with Gasteiger partial charge >= 0.3 is 0 Å². The highest BCUT2D eigenvalue weighted by Crippen LogP contribution is 2.15. The largest absolute Gasteiger partial charge is 0.344 e. The number of aromatic nitrogens is 2. The summed E-state index contributed by atoms with van der Waals surface area (Å²) < 4.78 is 0. The summed E-state index contributed by atoms with van der Waals surface area (Å²) in [5, 5.41) is 2.94. The first-order chi connectivity index (χ1) is 8.36. The van der Waals surface area contributed by atoms with Crippen molar-refractivity contribution in [2.75, 3.05) is 6.54 Å². The summed E-state index contributed by atoms with van der Waals surface area (Å²) >= 11 is 0. The van der Waals surface area contributed by atoms with Crippen LogP contribution >= 0.6 is 0 Å². The molecule has 1 atom stereocenters. The molecule has 0 saturated heterocycles. The lowest BCUT2D eigenvalue weighted by Crippen LogP contribution is -2.52. The van der Waals surface area contributed by atoms with Crippen LogP contribution in [0.3, 0.4) is 0 Å². The molecule has 0 bridgehead atoms. The second kappa shape index (κ2) is 5.91. The predicted molar refractivity (Wildman–Crippen MR) is 71.1 cm³/mol. The van der Waals surface area contributed by atoms with Crippen molar-refractivity contribution in [3.05, 3.63) is 23.8 Å². The number of rotatable bonds is 5. The van der Waals surface area contributed by atoms with Gasteiger partial charge < -0.3 is 11.1 Å². The molecular formula is C13H22N4O. The maximum absolute atomic E-state index is 12.0. The van der Waals surface area contributed by atoms with Crippen molar-refractivity contribution < 1.29 is 4.79 Å². The van der Waals surface area contributed by atoms with Crippen LogP contribution in [-0.4, -0.2) is 28.0 Å². The van der Waals surface area contributed by atoms with Crippen LogP contribution in [0, 0.1) is 12.8 Å². The van der Waals surface area contributed by atoms with Gasteiger partial charge in [0, 0.05) is 12.7 Å². The van der Waals surface area contributed by atoms with Crippen LogP contribution in [0.5, 0.6) is 0 Å². The second-order valence-electron chi connectivity index (χ2n) is 5.36. The highest BCUT2D eigenvalue weighted by molar-refractivity contribution is 5.92. The molecule has 0 aliphatic rings. The van der Waals surface area contributed by atoms with Gasteiger partial charge in [-0.1, -0.05) is 13.8 Å². The van der Waals surface area contributed by atoms with Crippen LogP contribution in [0.15, 0.2) is 12.4 Å². The maximum Gasteiger partial charge on any atom is 0.271 e. The molecule has 0 fully saturated rings. The van der Waals surface area contributed by atoms with Crippen molar-refractivity contribution in [1.82, 2.24) is 15.3 Å². The minimum atomic E-state index is -0.405. The van der Waals surface area contributed by atoms with Crippen LogP contribution in [0.4, 0.5) is 0 Å². The van der Waals surface area contributed by atoms with E-state index in [2.05, 4.69) is 29.1 Å². The first-order valence-corrected chi connectivity index (χ1v) is 6.17. The zero-order valence-electron chi connectivity index (χ0n) is 11.5. The minimum absolute atomic E-state index is 0.226. The highest BCUT2D eigenvalue weighted by Gasteiger charge is 2.26. The summed E-state index contributed by atoms with van der Waals surface area (Å²) in [7, 11) is 0. The highest BCUT2D eigenvalue weighted by atomic mass is 16.2. The van der Waals surface area contributed by atoms with Crippen molar-refractivity contribution in [1.29, 1.82) is 0 Å². The SMILES string of the molecule is Cc1cnc(C(=O)NC(C)(CN)CC(C)C)cn1. The van der Waals surface area contributed by atoms with Crippen LogP contribution in [0.2, 0.25) is 0 Å². The van der Waals surface area contributed by atoms with Crippen LogP contribution in [0.1, 0.15) is 43.4 Å². The average Bonchev–Trinajstić information content (AvgIpc) is 2.28. The molecule has 1 rings (SSSR count). The Labute approximate surface area is 108 Å². The van der Waals surface area contributed by atoms with E-state index < -0.39 is 5.54 Å². The third-order valence-corrected chi connectivity index (χ3v) is 2.74. The number of carbonyl (C=O) groups is 1. The van der Waals surface area contributed by atoms with E-state index in [1.807, 2.05) is 13.8 Å². The first-order valence-electron chi connectivity index (χ1n) is 6.17. The Hall–Kier alpha value is -1.49. The van der Waals surface area contributed by atoms with E-state index >= 15 is 0 Å². The van der Waals surface area contributed by atoms with Crippen LogP contribution in [-0.2, 0) is 0 Å². The monoisotopic (exact) mass is 250 g/mol. The summed E-state index contributed by atoms with van der Waals surface area (Å²) in [4.78, 5) is 20.2. The van der Waals surface area contributed by atoms with Crippen molar-refractivity contribution in [2.45, 2.75) is 39.7 Å². The van der Waals surface area contributed by atoms with Crippen molar-refractivity contribution in [2.24, 2.45) is 11.7 Å². The molecule has 1 aromatic rings. The molecule has 5 heteroatoms. The Morgan fingerprint density at radius 1 is 1.44 bits per heavy atom.